The van der Waals surface area contributed by atoms with Crippen molar-refractivity contribution in [2.45, 2.75) is 37.0 Å². The fraction of sp³-hybridized carbons (Fsp3) is 0.526. The molecule has 2 fully saturated rings. The van der Waals surface area contributed by atoms with Crippen LogP contribution in [0.5, 0.6) is 0 Å². The van der Waals surface area contributed by atoms with Crippen molar-refractivity contribution in [2.75, 3.05) is 31.6 Å². The molecule has 0 radical (unpaired) electrons. The van der Waals surface area contributed by atoms with Crippen molar-refractivity contribution in [1.29, 1.82) is 0 Å². The van der Waals surface area contributed by atoms with Gasteiger partial charge in [-0.1, -0.05) is 35.9 Å². The number of rotatable bonds is 4. The first-order valence-corrected chi connectivity index (χ1v) is 11.3. The maximum Gasteiger partial charge on any atom is 0.217 e. The van der Waals surface area contributed by atoms with Gasteiger partial charge in [0, 0.05) is 37.7 Å². The minimum atomic E-state index is -3.23. The summed E-state index contributed by atoms with van der Waals surface area (Å²) in [6, 6.07) is 10.1. The topological polar surface area (TPSA) is 71.5 Å². The zero-order valence-corrected chi connectivity index (χ0v) is 16.7. The van der Waals surface area contributed by atoms with Crippen LogP contribution in [0.4, 0.5) is 5.82 Å². The van der Waals surface area contributed by atoms with E-state index >= 15 is 0 Å². The standard InChI is InChI=1S/C19H24ClN3O3S/c20-19-17-4-2-1-3-14(17)13-18(22-19)21-15-5-9-23(10-6-15)27(24,25)16-7-11-26-12-8-16/h1-4,13,15-16H,5-12H2,(H,21,22). The molecule has 1 aromatic carbocycles. The third-order valence-corrected chi connectivity index (χ3v) is 8.14. The van der Waals surface area contributed by atoms with Gasteiger partial charge in [-0.3, -0.25) is 0 Å². The highest BCUT2D eigenvalue weighted by atomic mass is 35.5. The van der Waals surface area contributed by atoms with Crippen LogP contribution < -0.4 is 5.32 Å². The number of nitrogens with one attached hydrogen (secondary N) is 1. The van der Waals surface area contributed by atoms with E-state index in [1.807, 2.05) is 30.3 Å². The summed E-state index contributed by atoms with van der Waals surface area (Å²) in [6.45, 7) is 2.16. The highest BCUT2D eigenvalue weighted by molar-refractivity contribution is 7.89. The molecule has 2 saturated heterocycles. The van der Waals surface area contributed by atoms with Gasteiger partial charge in [0.25, 0.3) is 0 Å². The number of benzene rings is 1. The van der Waals surface area contributed by atoms with Crippen LogP contribution in [0.25, 0.3) is 10.8 Å². The number of halogens is 1. The Labute approximate surface area is 164 Å². The molecule has 0 amide bonds. The predicted molar refractivity (Wildman–Crippen MR) is 108 cm³/mol. The molecule has 6 nitrogen and oxygen atoms in total. The second-order valence-electron chi connectivity index (χ2n) is 7.19. The lowest BCUT2D eigenvalue weighted by Gasteiger charge is -2.35. The lowest BCUT2D eigenvalue weighted by Crippen LogP contribution is -2.47. The molecule has 0 bridgehead atoms. The number of anilines is 1. The van der Waals surface area contributed by atoms with Gasteiger partial charge in [0.15, 0.2) is 0 Å². The fourth-order valence-corrected chi connectivity index (χ4v) is 6.07. The van der Waals surface area contributed by atoms with Crippen LogP contribution in [0.15, 0.2) is 30.3 Å². The Morgan fingerprint density at radius 3 is 2.56 bits per heavy atom. The van der Waals surface area contributed by atoms with E-state index in [9.17, 15) is 8.42 Å². The zero-order chi connectivity index (χ0) is 18.9. The van der Waals surface area contributed by atoms with E-state index < -0.39 is 10.0 Å². The summed E-state index contributed by atoms with van der Waals surface area (Å²) in [5.41, 5.74) is 0. The fourth-order valence-electron chi connectivity index (χ4n) is 3.88. The van der Waals surface area contributed by atoms with Crippen LogP contribution in [0.3, 0.4) is 0 Å². The van der Waals surface area contributed by atoms with Gasteiger partial charge >= 0.3 is 0 Å². The Morgan fingerprint density at radius 2 is 1.81 bits per heavy atom. The Kier molecular flexibility index (Phi) is 5.55. The van der Waals surface area contributed by atoms with Crippen molar-refractivity contribution in [3.8, 4) is 0 Å². The SMILES string of the molecule is O=S(=O)(C1CCOCC1)N1CCC(Nc2cc3ccccc3c(Cl)n2)CC1. The lowest BCUT2D eigenvalue weighted by molar-refractivity contribution is 0.0969. The van der Waals surface area contributed by atoms with Crippen molar-refractivity contribution >= 4 is 38.2 Å². The van der Waals surface area contributed by atoms with E-state index in [1.165, 1.54) is 0 Å². The van der Waals surface area contributed by atoms with Gasteiger partial charge in [-0.15, -0.1) is 0 Å². The molecule has 2 aliphatic heterocycles. The van der Waals surface area contributed by atoms with Crippen LogP contribution in [0.1, 0.15) is 25.7 Å². The minimum Gasteiger partial charge on any atom is -0.381 e. The van der Waals surface area contributed by atoms with E-state index in [4.69, 9.17) is 16.3 Å². The van der Waals surface area contributed by atoms with E-state index in [1.54, 1.807) is 4.31 Å². The summed E-state index contributed by atoms with van der Waals surface area (Å²) in [5.74, 6) is 0.740. The van der Waals surface area contributed by atoms with Gasteiger partial charge in [0.2, 0.25) is 10.0 Å². The number of ether oxygens (including phenoxy) is 1. The van der Waals surface area contributed by atoms with Crippen LogP contribution in [0.2, 0.25) is 5.15 Å². The molecule has 0 aliphatic carbocycles. The van der Waals surface area contributed by atoms with E-state index in [2.05, 4.69) is 10.3 Å². The second kappa shape index (κ2) is 7.91. The third kappa shape index (κ3) is 4.06. The number of fused-ring (bicyclic) bond motifs is 1. The van der Waals surface area contributed by atoms with Crippen LogP contribution in [0, 0.1) is 0 Å². The Balaban J connectivity index is 1.40. The van der Waals surface area contributed by atoms with Crippen molar-refractivity contribution in [3.05, 3.63) is 35.5 Å². The van der Waals surface area contributed by atoms with Gasteiger partial charge in [-0.05, 0) is 37.1 Å². The van der Waals surface area contributed by atoms with Crippen molar-refractivity contribution in [3.63, 3.8) is 0 Å². The highest BCUT2D eigenvalue weighted by Crippen LogP contribution is 2.27. The molecule has 1 N–H and O–H groups in total. The molecule has 8 heteroatoms. The molecule has 4 rings (SSSR count). The predicted octanol–water partition coefficient (Wildman–Crippen LogP) is 3.27. The number of pyridine rings is 1. The Bertz CT molecular complexity index is 908. The molecular formula is C19H24ClN3O3S. The second-order valence-corrected chi connectivity index (χ2v) is 9.76. The van der Waals surface area contributed by atoms with Gasteiger partial charge in [-0.25, -0.2) is 17.7 Å². The molecule has 2 aliphatic rings. The smallest absolute Gasteiger partial charge is 0.217 e. The van der Waals surface area contributed by atoms with Gasteiger partial charge in [0.05, 0.1) is 5.25 Å². The molecule has 2 aromatic rings. The first kappa shape index (κ1) is 18.9. The van der Waals surface area contributed by atoms with Crippen molar-refractivity contribution < 1.29 is 13.2 Å². The maximum atomic E-state index is 12.8. The van der Waals surface area contributed by atoms with E-state index in [0.717, 1.165) is 29.4 Å². The maximum absolute atomic E-state index is 12.8. The molecule has 3 heterocycles. The molecule has 0 unspecified atom stereocenters. The number of aromatic nitrogens is 1. The summed E-state index contributed by atoms with van der Waals surface area (Å²) < 4.78 is 32.6. The monoisotopic (exact) mass is 409 g/mol. The third-order valence-electron chi connectivity index (χ3n) is 5.45. The molecular weight excluding hydrogens is 386 g/mol. The Hall–Kier alpha value is -1.41. The van der Waals surface area contributed by atoms with Crippen LogP contribution >= 0.6 is 11.6 Å². The molecule has 1 aromatic heterocycles. The number of sulfonamides is 1. The lowest BCUT2D eigenvalue weighted by atomic mass is 10.1. The van der Waals surface area contributed by atoms with Crippen LogP contribution in [-0.4, -0.2) is 55.3 Å². The first-order valence-electron chi connectivity index (χ1n) is 9.42. The molecule has 146 valence electrons. The summed E-state index contributed by atoms with van der Waals surface area (Å²) in [7, 11) is -3.23. The van der Waals surface area contributed by atoms with Crippen molar-refractivity contribution in [1.82, 2.24) is 9.29 Å². The molecule has 0 atom stereocenters. The molecule has 0 spiro atoms. The largest absolute Gasteiger partial charge is 0.381 e. The average Bonchev–Trinajstić information content (AvgIpc) is 2.69. The van der Waals surface area contributed by atoms with Crippen LogP contribution in [-0.2, 0) is 14.8 Å². The summed E-state index contributed by atoms with van der Waals surface area (Å²) in [6.07, 6.45) is 2.71. The first-order chi connectivity index (χ1) is 13.0. The van der Waals surface area contributed by atoms with E-state index in [-0.39, 0.29) is 11.3 Å². The summed E-state index contributed by atoms with van der Waals surface area (Å²) in [4.78, 5) is 4.45. The molecule has 27 heavy (non-hydrogen) atoms. The van der Waals surface area contributed by atoms with Gasteiger partial charge < -0.3 is 10.1 Å². The number of hydrogen-bond donors (Lipinski definition) is 1. The summed E-state index contributed by atoms with van der Waals surface area (Å²) in [5, 5.41) is 5.59. The quantitative estimate of drug-likeness (QED) is 0.784. The normalized spacial score (nSPS) is 20.8. The van der Waals surface area contributed by atoms with Gasteiger partial charge in [0.1, 0.15) is 11.0 Å². The number of piperidine rings is 1. The minimum absolute atomic E-state index is 0.191. The summed E-state index contributed by atoms with van der Waals surface area (Å²) >= 11 is 6.30. The Morgan fingerprint density at radius 1 is 1.11 bits per heavy atom. The average molecular weight is 410 g/mol. The highest BCUT2D eigenvalue weighted by Gasteiger charge is 2.35. The van der Waals surface area contributed by atoms with Crippen molar-refractivity contribution in [2.24, 2.45) is 0 Å². The number of nitrogens with zero attached hydrogens (tertiary/aromatic N) is 2. The number of hydrogen-bond acceptors (Lipinski definition) is 5. The van der Waals surface area contributed by atoms with E-state index in [0.29, 0.717) is 44.3 Å². The molecule has 0 saturated carbocycles. The zero-order valence-electron chi connectivity index (χ0n) is 15.1. The van der Waals surface area contributed by atoms with Gasteiger partial charge in [-0.2, -0.15) is 0 Å².